The molecular weight excluding hydrogens is 844 g/mol. The summed E-state index contributed by atoms with van der Waals surface area (Å²) in [5.74, 6) is 0.788. The average molecular weight is 892 g/mol. The molecule has 0 aliphatic heterocycles. The highest BCUT2D eigenvalue weighted by Crippen LogP contribution is 2.57. The Morgan fingerprint density at radius 1 is 0.581 bits per heavy atom. The van der Waals surface area contributed by atoms with E-state index in [1.165, 1.54) is 44.5 Å². The maximum absolute atomic E-state index is 13.5. The van der Waals surface area contributed by atoms with Crippen LogP contribution in [0.2, 0.25) is 0 Å². The lowest BCUT2D eigenvalue weighted by atomic mass is 9.59. The Morgan fingerprint density at radius 2 is 1.10 bits per heavy atom. The lowest BCUT2D eigenvalue weighted by Crippen LogP contribution is -2.37. The molecule has 6 aromatic rings. The first kappa shape index (κ1) is 41.4. The Hall–Kier alpha value is -6.00. The lowest BCUT2D eigenvalue weighted by Gasteiger charge is -2.44. The van der Waals surface area contributed by atoms with Gasteiger partial charge in [0, 0.05) is 22.4 Å². The third-order valence-electron chi connectivity index (χ3n) is 12.3. The molecule has 62 heavy (non-hydrogen) atoms. The van der Waals surface area contributed by atoms with Gasteiger partial charge < -0.3 is 28.4 Å². The zero-order valence-electron chi connectivity index (χ0n) is 34.3. The molecule has 4 aliphatic rings. The smallest absolute Gasteiger partial charge is 0.330 e. The van der Waals surface area contributed by atoms with E-state index in [4.69, 9.17) is 28.4 Å². The van der Waals surface area contributed by atoms with Crippen LogP contribution in [0.5, 0.6) is 11.5 Å². The number of hydrogen-bond donors (Lipinski definition) is 0. The van der Waals surface area contributed by atoms with Crippen LogP contribution in [0.15, 0.2) is 157 Å². The molecule has 0 aromatic heterocycles. The fourth-order valence-electron chi connectivity index (χ4n) is 9.72. The molecule has 0 saturated carbocycles. The highest BCUT2D eigenvalue weighted by atomic mass is 79.9. The Labute approximate surface area is 370 Å². The number of carbonyl (C=O) groups excluding carboxylic acids is 2. The molecular formula is C53H47BrO8. The summed E-state index contributed by atoms with van der Waals surface area (Å²) in [5, 5.41) is 0. The van der Waals surface area contributed by atoms with Crippen molar-refractivity contribution < 1.29 is 38.0 Å². The van der Waals surface area contributed by atoms with Crippen molar-refractivity contribution in [2.75, 3.05) is 52.9 Å². The first-order valence-electron chi connectivity index (χ1n) is 21.1. The van der Waals surface area contributed by atoms with E-state index >= 15 is 0 Å². The van der Waals surface area contributed by atoms with Crippen LogP contribution in [0.1, 0.15) is 62.8 Å². The zero-order chi connectivity index (χ0) is 42.5. The molecule has 0 radical (unpaired) electrons. The fourth-order valence-corrected chi connectivity index (χ4v) is 10.1. The lowest BCUT2D eigenvalue weighted by molar-refractivity contribution is -0.151. The number of rotatable bonds is 18. The Bertz CT molecular complexity index is 2520. The van der Waals surface area contributed by atoms with E-state index < -0.39 is 11.4 Å². The van der Waals surface area contributed by atoms with E-state index in [0.717, 1.165) is 39.6 Å². The van der Waals surface area contributed by atoms with Gasteiger partial charge in [-0.2, -0.15) is 0 Å². The summed E-state index contributed by atoms with van der Waals surface area (Å²) in [6.07, 6.45) is 1.88. The van der Waals surface area contributed by atoms with Gasteiger partial charge in [0.15, 0.2) is 0 Å². The first-order chi connectivity index (χ1) is 30.5. The van der Waals surface area contributed by atoms with E-state index in [-0.39, 0.29) is 43.5 Å². The number of halogens is 1. The number of carbonyl (C=O) groups is 2. The predicted octanol–water partition coefficient (Wildman–Crippen LogP) is 10.2. The third kappa shape index (κ3) is 7.97. The normalized spacial score (nSPS) is 17.2. The molecule has 0 heterocycles. The summed E-state index contributed by atoms with van der Waals surface area (Å²) in [7, 11) is 0. The van der Waals surface area contributed by atoms with Gasteiger partial charge in [-0.05, 0) is 98.5 Å². The van der Waals surface area contributed by atoms with Crippen LogP contribution in [0.4, 0.5) is 0 Å². The molecule has 9 heteroatoms. The zero-order valence-corrected chi connectivity index (χ0v) is 35.9. The minimum absolute atomic E-state index is 0.00671. The van der Waals surface area contributed by atoms with Crippen LogP contribution in [0, 0.1) is 5.92 Å². The van der Waals surface area contributed by atoms with Crippen molar-refractivity contribution in [3.05, 3.63) is 201 Å². The van der Waals surface area contributed by atoms with Crippen LogP contribution in [0.3, 0.4) is 0 Å². The molecule has 0 spiro atoms. The highest BCUT2D eigenvalue weighted by molar-refractivity contribution is 9.10. The fraction of sp³-hybridized carbons (Fsp3) is 0.245. The molecule has 2 bridgehead atoms. The molecule has 0 amide bonds. The molecule has 0 fully saturated rings. The van der Waals surface area contributed by atoms with Gasteiger partial charge >= 0.3 is 11.9 Å². The van der Waals surface area contributed by atoms with Crippen molar-refractivity contribution in [2.24, 2.45) is 5.92 Å². The summed E-state index contributed by atoms with van der Waals surface area (Å²) in [6, 6.07) is 48.8. The second-order valence-electron chi connectivity index (χ2n) is 15.6. The number of ether oxygens (including phenoxy) is 6. The summed E-state index contributed by atoms with van der Waals surface area (Å²) in [6.45, 7) is 5.77. The number of benzene rings is 6. The van der Waals surface area contributed by atoms with Crippen molar-refractivity contribution >= 4 is 27.9 Å². The van der Waals surface area contributed by atoms with Gasteiger partial charge in [0.2, 0.25) is 0 Å². The van der Waals surface area contributed by atoms with Crippen molar-refractivity contribution in [1.29, 1.82) is 0 Å². The molecule has 6 aromatic carbocycles. The van der Waals surface area contributed by atoms with Crippen molar-refractivity contribution in [1.82, 2.24) is 0 Å². The van der Waals surface area contributed by atoms with E-state index in [1.54, 1.807) is 0 Å². The summed E-state index contributed by atoms with van der Waals surface area (Å²) in [5.41, 5.74) is 11.6. The van der Waals surface area contributed by atoms with Crippen molar-refractivity contribution in [2.45, 2.75) is 23.7 Å². The molecule has 0 saturated heterocycles. The van der Waals surface area contributed by atoms with Gasteiger partial charge in [-0.15, -0.1) is 0 Å². The monoisotopic (exact) mass is 890 g/mol. The number of hydrogen-bond acceptors (Lipinski definition) is 8. The van der Waals surface area contributed by atoms with Gasteiger partial charge in [0.25, 0.3) is 0 Å². The maximum Gasteiger partial charge on any atom is 0.330 e. The Morgan fingerprint density at radius 3 is 1.69 bits per heavy atom. The second-order valence-corrected chi connectivity index (χ2v) is 16.5. The number of esters is 2. The minimum Gasteiger partial charge on any atom is -0.491 e. The van der Waals surface area contributed by atoms with Crippen LogP contribution in [-0.2, 0) is 34.0 Å². The molecule has 314 valence electrons. The van der Waals surface area contributed by atoms with Crippen molar-refractivity contribution in [3.8, 4) is 22.6 Å². The van der Waals surface area contributed by atoms with Crippen molar-refractivity contribution in [3.63, 3.8) is 0 Å². The van der Waals surface area contributed by atoms with Gasteiger partial charge in [-0.25, -0.2) is 4.79 Å². The molecule has 3 unspecified atom stereocenters. The summed E-state index contributed by atoms with van der Waals surface area (Å²) in [4.78, 5) is 24.7. The molecule has 0 N–H and O–H groups in total. The highest BCUT2D eigenvalue weighted by Gasteiger charge is 2.47. The topological polar surface area (TPSA) is 89.5 Å². The van der Waals surface area contributed by atoms with E-state index in [0.29, 0.717) is 33.0 Å². The maximum atomic E-state index is 13.5. The van der Waals surface area contributed by atoms with E-state index in [2.05, 4.69) is 138 Å². The quantitative estimate of drug-likeness (QED) is 0.0478. The van der Waals surface area contributed by atoms with Gasteiger partial charge in [0.1, 0.15) is 37.9 Å². The minimum atomic E-state index is -0.572. The molecule has 8 nitrogen and oxygen atoms in total. The van der Waals surface area contributed by atoms with E-state index in [9.17, 15) is 9.59 Å². The molecule has 4 aliphatic carbocycles. The van der Waals surface area contributed by atoms with Gasteiger partial charge in [0.05, 0.1) is 37.8 Å². The third-order valence-corrected chi connectivity index (χ3v) is 12.8. The molecule has 10 rings (SSSR count). The standard InChI is InChI=1S/C53H47BrO8/c1-2-50(55)61-31-27-57-25-29-59-38-20-15-35(16-21-38)53(48-13-7-5-10-41(48)42-11-6-8-14-49(42)53)36-17-22-39(23-18-36)60-30-26-58-28-32-62-52(56)47-34-46-40-9-3-4-12-43(40)51(47)44-24-19-37(54)33-45(44)46/h2-24,33,46-47,51H,1,25-32,34H2. The van der Waals surface area contributed by atoms with Crippen LogP contribution in [-0.4, -0.2) is 64.8 Å². The summed E-state index contributed by atoms with van der Waals surface area (Å²) < 4.78 is 35.4. The van der Waals surface area contributed by atoms with Crippen LogP contribution < -0.4 is 9.47 Å². The largest absolute Gasteiger partial charge is 0.491 e. The second kappa shape index (κ2) is 18.5. The number of fused-ring (bicyclic) bond motifs is 4. The Kier molecular flexibility index (Phi) is 12.4. The Balaban J connectivity index is 0.808. The van der Waals surface area contributed by atoms with Gasteiger partial charge in [-0.1, -0.05) is 126 Å². The SMILES string of the molecule is C=CC(=O)OCCOCCOc1ccc(C2(c3ccc(OCCOCCOC(=O)C4CC5c6ccccc6C4c4ccc(Br)cc45)cc3)c3ccccc3-c3ccccc32)cc1. The molecule has 3 atom stereocenters. The van der Waals surface area contributed by atoms with Gasteiger partial charge in [-0.3, -0.25) is 4.79 Å². The summed E-state index contributed by atoms with van der Waals surface area (Å²) >= 11 is 3.64. The average Bonchev–Trinajstić information content (AvgIpc) is 3.62. The predicted molar refractivity (Wildman–Crippen MR) is 241 cm³/mol. The van der Waals surface area contributed by atoms with Crippen LogP contribution in [0.25, 0.3) is 11.1 Å². The first-order valence-corrected chi connectivity index (χ1v) is 21.9. The van der Waals surface area contributed by atoms with Crippen LogP contribution >= 0.6 is 15.9 Å². The van der Waals surface area contributed by atoms with E-state index in [1.807, 2.05) is 24.3 Å².